The summed E-state index contributed by atoms with van der Waals surface area (Å²) in [7, 11) is 4.55. The molecular formula is C24H37NO6. The van der Waals surface area contributed by atoms with Crippen LogP contribution in [-0.2, 0) is 20.7 Å². The van der Waals surface area contributed by atoms with Gasteiger partial charge < -0.3 is 24.3 Å². The highest BCUT2D eigenvalue weighted by molar-refractivity contribution is 5.81. The van der Waals surface area contributed by atoms with Crippen LogP contribution in [0.2, 0.25) is 0 Å². The SMILES string of the molecule is CCC(C)(C)C1CCC(NC(=O)COC(=O)Cc2cc(OC)c(OC)c(OC)c2)CC1. The van der Waals surface area contributed by atoms with Crippen molar-refractivity contribution in [1.29, 1.82) is 0 Å². The van der Waals surface area contributed by atoms with Gasteiger partial charge in [0.2, 0.25) is 5.75 Å². The molecule has 1 aliphatic carbocycles. The molecule has 1 aromatic rings. The molecule has 174 valence electrons. The zero-order valence-electron chi connectivity index (χ0n) is 19.7. The number of nitrogens with one attached hydrogen (secondary N) is 1. The molecule has 0 bridgehead atoms. The second kappa shape index (κ2) is 11.3. The maximum Gasteiger partial charge on any atom is 0.310 e. The molecule has 1 saturated carbocycles. The van der Waals surface area contributed by atoms with Crippen LogP contribution in [-0.4, -0.2) is 45.9 Å². The maximum absolute atomic E-state index is 12.2. The Kier molecular flexibility index (Phi) is 9.01. The predicted molar refractivity (Wildman–Crippen MR) is 119 cm³/mol. The van der Waals surface area contributed by atoms with Crippen LogP contribution in [0.25, 0.3) is 0 Å². The van der Waals surface area contributed by atoms with Gasteiger partial charge in [-0.1, -0.05) is 27.2 Å². The van der Waals surface area contributed by atoms with Crippen molar-refractivity contribution in [3.05, 3.63) is 17.7 Å². The second-order valence-electron chi connectivity index (χ2n) is 8.83. The minimum absolute atomic E-state index is 0.00119. The lowest BCUT2D eigenvalue weighted by atomic mass is 9.69. The van der Waals surface area contributed by atoms with E-state index in [-0.39, 0.29) is 25.0 Å². The third-order valence-electron chi connectivity index (χ3n) is 6.55. The average Bonchev–Trinajstić information content (AvgIpc) is 2.77. The minimum atomic E-state index is -0.488. The van der Waals surface area contributed by atoms with Crippen LogP contribution in [0.4, 0.5) is 0 Å². The molecule has 1 fully saturated rings. The molecule has 0 radical (unpaired) electrons. The van der Waals surface area contributed by atoms with Gasteiger partial charge >= 0.3 is 5.97 Å². The van der Waals surface area contributed by atoms with Crippen LogP contribution in [0.5, 0.6) is 17.2 Å². The molecule has 0 heterocycles. The van der Waals surface area contributed by atoms with E-state index in [9.17, 15) is 9.59 Å². The summed E-state index contributed by atoms with van der Waals surface area (Å²) in [5.74, 6) is 1.34. The summed E-state index contributed by atoms with van der Waals surface area (Å²) in [4.78, 5) is 24.5. The quantitative estimate of drug-likeness (QED) is 0.561. The van der Waals surface area contributed by atoms with Gasteiger partial charge in [-0.3, -0.25) is 9.59 Å². The number of carbonyl (C=O) groups is 2. The number of hydrogen-bond acceptors (Lipinski definition) is 6. The number of ether oxygens (including phenoxy) is 4. The van der Waals surface area contributed by atoms with E-state index >= 15 is 0 Å². The van der Waals surface area contributed by atoms with E-state index in [2.05, 4.69) is 26.1 Å². The van der Waals surface area contributed by atoms with Crippen molar-refractivity contribution in [2.24, 2.45) is 11.3 Å². The Hall–Kier alpha value is -2.44. The van der Waals surface area contributed by atoms with Crippen LogP contribution < -0.4 is 19.5 Å². The Morgan fingerprint density at radius 1 is 1.00 bits per heavy atom. The molecular weight excluding hydrogens is 398 g/mol. The fourth-order valence-corrected chi connectivity index (χ4v) is 4.18. The molecule has 1 amide bonds. The Morgan fingerprint density at radius 3 is 2.06 bits per heavy atom. The molecule has 7 heteroatoms. The Labute approximate surface area is 185 Å². The molecule has 0 unspecified atom stereocenters. The topological polar surface area (TPSA) is 83.1 Å². The number of amides is 1. The van der Waals surface area contributed by atoms with E-state index < -0.39 is 5.97 Å². The highest BCUT2D eigenvalue weighted by Gasteiger charge is 2.32. The van der Waals surface area contributed by atoms with E-state index in [1.54, 1.807) is 12.1 Å². The maximum atomic E-state index is 12.2. The van der Waals surface area contributed by atoms with Gasteiger partial charge in [0.25, 0.3) is 5.91 Å². The number of esters is 1. The highest BCUT2D eigenvalue weighted by atomic mass is 16.5. The molecule has 0 aromatic heterocycles. The molecule has 0 spiro atoms. The van der Waals surface area contributed by atoms with E-state index in [1.165, 1.54) is 21.3 Å². The summed E-state index contributed by atoms with van der Waals surface area (Å²) < 4.78 is 21.1. The highest BCUT2D eigenvalue weighted by Crippen LogP contribution is 2.40. The van der Waals surface area contributed by atoms with Gasteiger partial charge in [-0.25, -0.2) is 0 Å². The third-order valence-corrected chi connectivity index (χ3v) is 6.55. The van der Waals surface area contributed by atoms with Crippen LogP contribution >= 0.6 is 0 Å². The molecule has 2 rings (SSSR count). The standard InChI is InChI=1S/C24H37NO6/c1-7-24(2,3)17-8-10-18(11-9-17)25-21(26)15-31-22(27)14-16-12-19(28-4)23(30-6)20(13-16)29-5/h12-13,17-18H,7-11,14-15H2,1-6H3,(H,25,26). The molecule has 0 saturated heterocycles. The number of rotatable bonds is 10. The molecule has 0 atom stereocenters. The van der Waals surface area contributed by atoms with E-state index in [4.69, 9.17) is 18.9 Å². The van der Waals surface area contributed by atoms with Gasteiger partial charge in [0, 0.05) is 6.04 Å². The summed E-state index contributed by atoms with van der Waals surface area (Å²) in [5, 5.41) is 3.01. The van der Waals surface area contributed by atoms with Crippen molar-refractivity contribution in [2.75, 3.05) is 27.9 Å². The number of methoxy groups -OCH3 is 3. The van der Waals surface area contributed by atoms with Crippen molar-refractivity contribution < 1.29 is 28.5 Å². The number of benzene rings is 1. The van der Waals surface area contributed by atoms with Crippen LogP contribution in [0.15, 0.2) is 12.1 Å². The van der Waals surface area contributed by atoms with E-state index in [1.807, 2.05) is 0 Å². The number of hydrogen-bond donors (Lipinski definition) is 1. The normalized spacial score (nSPS) is 18.8. The summed E-state index contributed by atoms with van der Waals surface area (Å²) in [6.07, 6.45) is 5.34. The van der Waals surface area contributed by atoms with Crippen molar-refractivity contribution in [3.8, 4) is 17.2 Å². The molecule has 1 N–H and O–H groups in total. The van der Waals surface area contributed by atoms with Crippen LogP contribution in [0, 0.1) is 11.3 Å². The van der Waals surface area contributed by atoms with Gasteiger partial charge in [-0.15, -0.1) is 0 Å². The molecule has 1 aliphatic rings. The van der Waals surface area contributed by atoms with Gasteiger partial charge in [0.15, 0.2) is 18.1 Å². The second-order valence-corrected chi connectivity index (χ2v) is 8.83. The molecule has 7 nitrogen and oxygen atoms in total. The Morgan fingerprint density at radius 2 is 1.58 bits per heavy atom. The lowest BCUT2D eigenvalue weighted by Crippen LogP contribution is -2.41. The first-order valence-corrected chi connectivity index (χ1v) is 11.0. The Bertz CT molecular complexity index is 727. The fraction of sp³-hybridized carbons (Fsp3) is 0.667. The lowest BCUT2D eigenvalue weighted by molar-refractivity contribution is -0.148. The summed E-state index contributed by atoms with van der Waals surface area (Å²) in [5.41, 5.74) is 0.994. The monoisotopic (exact) mass is 435 g/mol. The Balaban J connectivity index is 1.81. The molecule has 31 heavy (non-hydrogen) atoms. The van der Waals surface area contributed by atoms with Crippen LogP contribution in [0.1, 0.15) is 58.4 Å². The van der Waals surface area contributed by atoms with Gasteiger partial charge in [-0.2, -0.15) is 0 Å². The average molecular weight is 436 g/mol. The smallest absolute Gasteiger partial charge is 0.310 e. The number of carbonyl (C=O) groups excluding carboxylic acids is 2. The first-order chi connectivity index (χ1) is 14.7. The summed E-state index contributed by atoms with van der Waals surface area (Å²) in [6.45, 7) is 6.61. The van der Waals surface area contributed by atoms with Crippen molar-refractivity contribution in [2.45, 2.75) is 65.3 Å². The first-order valence-electron chi connectivity index (χ1n) is 11.0. The predicted octanol–water partition coefficient (Wildman–Crippen LogP) is 3.91. The van der Waals surface area contributed by atoms with Crippen molar-refractivity contribution >= 4 is 11.9 Å². The first kappa shape index (κ1) is 24.8. The zero-order chi connectivity index (χ0) is 23.0. The molecule has 0 aliphatic heterocycles. The zero-order valence-corrected chi connectivity index (χ0v) is 19.7. The lowest BCUT2D eigenvalue weighted by Gasteiger charge is -2.39. The third kappa shape index (κ3) is 6.77. The van der Waals surface area contributed by atoms with Crippen LogP contribution in [0.3, 0.4) is 0 Å². The minimum Gasteiger partial charge on any atom is -0.493 e. The van der Waals surface area contributed by atoms with Gasteiger partial charge in [0.1, 0.15) is 0 Å². The van der Waals surface area contributed by atoms with E-state index in [0.29, 0.717) is 34.1 Å². The van der Waals surface area contributed by atoms with E-state index in [0.717, 1.165) is 32.1 Å². The van der Waals surface area contributed by atoms with Crippen molar-refractivity contribution in [3.63, 3.8) is 0 Å². The summed E-state index contributed by atoms with van der Waals surface area (Å²) >= 11 is 0. The fourth-order valence-electron chi connectivity index (χ4n) is 4.18. The van der Waals surface area contributed by atoms with Crippen molar-refractivity contribution in [1.82, 2.24) is 5.32 Å². The largest absolute Gasteiger partial charge is 0.493 e. The summed E-state index contributed by atoms with van der Waals surface area (Å²) in [6, 6.07) is 3.54. The van der Waals surface area contributed by atoms with Gasteiger partial charge in [-0.05, 0) is 54.7 Å². The van der Waals surface area contributed by atoms with Gasteiger partial charge in [0.05, 0.1) is 27.8 Å². The molecule has 1 aromatic carbocycles.